The number of nitrogens with zero attached hydrogens (tertiary/aromatic N) is 2. The fourth-order valence-electron chi connectivity index (χ4n) is 3.12. The lowest BCUT2D eigenvalue weighted by Crippen LogP contribution is -2.47. The highest BCUT2D eigenvalue weighted by molar-refractivity contribution is 7.10. The van der Waals surface area contributed by atoms with Crippen LogP contribution in [-0.2, 0) is 9.59 Å². The maximum atomic E-state index is 12.6. The van der Waals surface area contributed by atoms with Gasteiger partial charge in [0, 0.05) is 30.4 Å². The van der Waals surface area contributed by atoms with Gasteiger partial charge in [0.2, 0.25) is 11.8 Å². The zero-order valence-electron chi connectivity index (χ0n) is 15.1. The van der Waals surface area contributed by atoms with Crippen molar-refractivity contribution in [1.82, 2.24) is 15.1 Å². The lowest BCUT2D eigenvalue weighted by atomic mass is 9.96. The van der Waals surface area contributed by atoms with Crippen LogP contribution in [0.15, 0.2) is 17.5 Å². The Morgan fingerprint density at radius 1 is 1.42 bits per heavy atom. The molecule has 1 aromatic rings. The fourth-order valence-corrected chi connectivity index (χ4v) is 4.04. The SMILES string of the molecule is CC(C)C(=O)N1CCC[C@H](C(=O)NC[C@H](c2cccs2)N(C)C)C1. The molecule has 134 valence electrons. The monoisotopic (exact) mass is 351 g/mol. The van der Waals surface area contributed by atoms with Crippen LogP contribution in [0.4, 0.5) is 0 Å². The predicted molar refractivity (Wildman–Crippen MR) is 97.9 cm³/mol. The standard InChI is InChI=1S/C18H29N3O2S/c1-13(2)18(23)21-9-5-7-14(12-21)17(22)19-11-15(20(3)4)16-8-6-10-24-16/h6,8,10,13-15H,5,7,9,11-12H2,1-4H3,(H,19,22)/t14-,15+/m0/s1. The number of thiophene rings is 1. The van der Waals surface area contributed by atoms with Crippen molar-refractivity contribution < 1.29 is 9.59 Å². The molecule has 1 aliphatic rings. The Kier molecular flexibility index (Phi) is 6.80. The van der Waals surface area contributed by atoms with Crippen LogP contribution >= 0.6 is 11.3 Å². The maximum absolute atomic E-state index is 12.6. The zero-order valence-corrected chi connectivity index (χ0v) is 15.9. The van der Waals surface area contributed by atoms with Gasteiger partial charge in [0.15, 0.2) is 0 Å². The first-order valence-electron chi connectivity index (χ1n) is 8.66. The number of amides is 2. The van der Waals surface area contributed by atoms with E-state index in [1.54, 1.807) is 11.3 Å². The Morgan fingerprint density at radius 2 is 2.17 bits per heavy atom. The molecule has 1 N–H and O–H groups in total. The van der Waals surface area contributed by atoms with Crippen LogP contribution in [0, 0.1) is 11.8 Å². The van der Waals surface area contributed by atoms with E-state index in [0.29, 0.717) is 13.1 Å². The van der Waals surface area contributed by atoms with Gasteiger partial charge >= 0.3 is 0 Å². The van der Waals surface area contributed by atoms with Crippen LogP contribution < -0.4 is 5.32 Å². The molecule has 0 unspecified atom stereocenters. The third-order valence-corrected chi connectivity index (χ3v) is 5.54. The molecule has 2 heterocycles. The van der Waals surface area contributed by atoms with Crippen molar-refractivity contribution in [3.8, 4) is 0 Å². The third kappa shape index (κ3) is 4.80. The first kappa shape index (κ1) is 18.9. The van der Waals surface area contributed by atoms with Gasteiger partial charge in [-0.15, -0.1) is 11.3 Å². The molecule has 0 aromatic carbocycles. The highest BCUT2D eigenvalue weighted by atomic mass is 32.1. The first-order valence-corrected chi connectivity index (χ1v) is 9.54. The molecule has 24 heavy (non-hydrogen) atoms. The minimum Gasteiger partial charge on any atom is -0.354 e. The number of carbonyl (C=O) groups excluding carboxylic acids is 2. The molecule has 1 aliphatic heterocycles. The molecular formula is C18H29N3O2S. The number of likely N-dealkylation sites (N-methyl/N-ethyl adjacent to an activating group) is 1. The van der Waals surface area contributed by atoms with Crippen molar-refractivity contribution in [2.75, 3.05) is 33.7 Å². The number of rotatable bonds is 6. The summed E-state index contributed by atoms with van der Waals surface area (Å²) in [5.41, 5.74) is 0. The van der Waals surface area contributed by atoms with Gasteiger partial charge < -0.3 is 15.1 Å². The van der Waals surface area contributed by atoms with Gasteiger partial charge in [0.1, 0.15) is 0 Å². The van der Waals surface area contributed by atoms with Crippen LogP contribution in [-0.4, -0.2) is 55.3 Å². The molecular weight excluding hydrogens is 322 g/mol. The van der Waals surface area contributed by atoms with Gasteiger partial charge in [-0.25, -0.2) is 0 Å². The molecule has 1 fully saturated rings. The number of piperidine rings is 1. The molecule has 0 bridgehead atoms. The van der Waals surface area contributed by atoms with Crippen molar-refractivity contribution >= 4 is 23.2 Å². The molecule has 1 aromatic heterocycles. The van der Waals surface area contributed by atoms with Crippen molar-refractivity contribution in [2.24, 2.45) is 11.8 Å². The second-order valence-electron chi connectivity index (χ2n) is 7.02. The van der Waals surface area contributed by atoms with Gasteiger partial charge in [0.25, 0.3) is 0 Å². The normalized spacial score (nSPS) is 19.6. The topological polar surface area (TPSA) is 52.7 Å². The van der Waals surface area contributed by atoms with Crippen molar-refractivity contribution in [3.63, 3.8) is 0 Å². The molecule has 0 radical (unpaired) electrons. The van der Waals surface area contributed by atoms with Gasteiger partial charge in [0.05, 0.1) is 12.0 Å². The van der Waals surface area contributed by atoms with E-state index in [2.05, 4.69) is 21.7 Å². The van der Waals surface area contributed by atoms with Crippen LogP contribution in [0.25, 0.3) is 0 Å². The molecule has 6 heteroatoms. The Balaban J connectivity index is 1.90. The first-order chi connectivity index (χ1) is 11.4. The quantitative estimate of drug-likeness (QED) is 0.856. The van der Waals surface area contributed by atoms with Gasteiger partial charge in [-0.3, -0.25) is 9.59 Å². The highest BCUT2D eigenvalue weighted by Crippen LogP contribution is 2.23. The molecule has 1 saturated heterocycles. The van der Waals surface area contributed by atoms with Gasteiger partial charge in [-0.1, -0.05) is 19.9 Å². The Labute approximate surface area is 149 Å². The largest absolute Gasteiger partial charge is 0.354 e. The van der Waals surface area contributed by atoms with Crippen LogP contribution in [0.2, 0.25) is 0 Å². The minimum atomic E-state index is -0.0902. The van der Waals surface area contributed by atoms with E-state index in [-0.39, 0.29) is 29.7 Å². The average Bonchev–Trinajstić information content (AvgIpc) is 3.08. The fraction of sp³-hybridized carbons (Fsp3) is 0.667. The van der Waals surface area contributed by atoms with Crippen molar-refractivity contribution in [3.05, 3.63) is 22.4 Å². The number of nitrogens with one attached hydrogen (secondary N) is 1. The minimum absolute atomic E-state index is 0.0104. The Morgan fingerprint density at radius 3 is 2.75 bits per heavy atom. The van der Waals surface area contributed by atoms with Crippen LogP contribution in [0.1, 0.15) is 37.6 Å². The molecule has 0 saturated carbocycles. The summed E-state index contributed by atoms with van der Waals surface area (Å²) in [6, 6.07) is 4.32. The summed E-state index contributed by atoms with van der Waals surface area (Å²) in [4.78, 5) is 30.0. The summed E-state index contributed by atoms with van der Waals surface area (Å²) in [7, 11) is 4.06. The van der Waals surface area contributed by atoms with E-state index >= 15 is 0 Å². The summed E-state index contributed by atoms with van der Waals surface area (Å²) in [6.45, 7) is 5.75. The third-order valence-electron chi connectivity index (χ3n) is 4.56. The van der Waals surface area contributed by atoms with Crippen LogP contribution in [0.3, 0.4) is 0 Å². The summed E-state index contributed by atoms with van der Waals surface area (Å²) in [6.07, 6.45) is 1.76. The summed E-state index contributed by atoms with van der Waals surface area (Å²) < 4.78 is 0. The number of carbonyl (C=O) groups is 2. The summed E-state index contributed by atoms with van der Waals surface area (Å²) in [5, 5.41) is 5.16. The molecule has 2 rings (SSSR count). The van der Waals surface area contributed by atoms with Gasteiger partial charge in [-0.05, 0) is 38.4 Å². The van der Waals surface area contributed by atoms with E-state index in [1.165, 1.54) is 4.88 Å². The Hall–Kier alpha value is -1.40. The van der Waals surface area contributed by atoms with E-state index in [0.717, 1.165) is 19.4 Å². The van der Waals surface area contributed by atoms with E-state index < -0.39 is 0 Å². The lowest BCUT2D eigenvalue weighted by Gasteiger charge is -2.33. The van der Waals surface area contributed by atoms with Crippen molar-refractivity contribution in [2.45, 2.75) is 32.7 Å². The van der Waals surface area contributed by atoms with E-state index in [9.17, 15) is 9.59 Å². The number of hydrogen-bond donors (Lipinski definition) is 1. The lowest BCUT2D eigenvalue weighted by molar-refractivity contribution is -0.138. The highest BCUT2D eigenvalue weighted by Gasteiger charge is 2.29. The number of hydrogen-bond acceptors (Lipinski definition) is 4. The van der Waals surface area contributed by atoms with Crippen LogP contribution in [0.5, 0.6) is 0 Å². The average molecular weight is 352 g/mol. The van der Waals surface area contributed by atoms with E-state index in [4.69, 9.17) is 0 Å². The molecule has 0 spiro atoms. The second-order valence-corrected chi connectivity index (χ2v) is 8.00. The zero-order chi connectivity index (χ0) is 17.7. The maximum Gasteiger partial charge on any atom is 0.225 e. The summed E-state index contributed by atoms with van der Waals surface area (Å²) in [5.74, 6) is 0.119. The Bertz CT molecular complexity index is 542. The second kappa shape index (κ2) is 8.62. The molecule has 5 nitrogen and oxygen atoms in total. The van der Waals surface area contributed by atoms with Gasteiger partial charge in [-0.2, -0.15) is 0 Å². The molecule has 2 amide bonds. The van der Waals surface area contributed by atoms with E-state index in [1.807, 2.05) is 38.9 Å². The predicted octanol–water partition coefficient (Wildman–Crippen LogP) is 2.36. The smallest absolute Gasteiger partial charge is 0.225 e. The summed E-state index contributed by atoms with van der Waals surface area (Å²) >= 11 is 1.71. The molecule has 0 aliphatic carbocycles. The molecule has 2 atom stereocenters. The van der Waals surface area contributed by atoms with Crippen molar-refractivity contribution in [1.29, 1.82) is 0 Å². The number of likely N-dealkylation sites (tertiary alicyclic amines) is 1.